The normalized spacial score (nSPS) is 22.0. The molecule has 0 radical (unpaired) electrons. The lowest BCUT2D eigenvalue weighted by Gasteiger charge is -2.34. The third-order valence-corrected chi connectivity index (χ3v) is 6.05. The van der Waals surface area contributed by atoms with Crippen molar-refractivity contribution in [2.45, 2.75) is 17.7 Å². The molecular formula is C14H21N3O2S. The molecule has 110 valence electrons. The van der Waals surface area contributed by atoms with Gasteiger partial charge in [0.1, 0.15) is 4.90 Å². The van der Waals surface area contributed by atoms with Crippen molar-refractivity contribution < 1.29 is 8.42 Å². The third kappa shape index (κ3) is 2.82. The highest BCUT2D eigenvalue weighted by molar-refractivity contribution is 7.89. The zero-order valence-electron chi connectivity index (χ0n) is 11.5. The van der Waals surface area contributed by atoms with Crippen LogP contribution in [0, 0.1) is 5.92 Å². The monoisotopic (exact) mass is 295 g/mol. The predicted molar refractivity (Wildman–Crippen MR) is 78.8 cm³/mol. The van der Waals surface area contributed by atoms with Crippen LogP contribution in [0.4, 0.5) is 5.69 Å². The largest absolute Gasteiger partial charge is 0.398 e. The molecule has 2 fully saturated rings. The number of nitrogens with two attached hydrogens (primary N) is 1. The van der Waals surface area contributed by atoms with Crippen LogP contribution in [-0.2, 0) is 10.0 Å². The number of benzene rings is 1. The highest BCUT2D eigenvalue weighted by atomic mass is 32.2. The molecule has 1 heterocycles. The summed E-state index contributed by atoms with van der Waals surface area (Å²) in [6, 6.07) is 6.69. The molecule has 6 heteroatoms. The first kappa shape index (κ1) is 13.9. The van der Waals surface area contributed by atoms with Crippen LogP contribution in [0.2, 0.25) is 0 Å². The van der Waals surface area contributed by atoms with E-state index in [0.29, 0.717) is 18.8 Å². The maximum Gasteiger partial charge on any atom is 0.245 e. The zero-order chi connectivity index (χ0) is 14.2. The number of nitrogens with zero attached hydrogens (tertiary/aromatic N) is 2. The van der Waals surface area contributed by atoms with Gasteiger partial charge in [0, 0.05) is 32.7 Å². The Morgan fingerprint density at radius 3 is 2.35 bits per heavy atom. The second-order valence-electron chi connectivity index (χ2n) is 5.69. The fourth-order valence-corrected chi connectivity index (χ4v) is 4.21. The van der Waals surface area contributed by atoms with Crippen molar-refractivity contribution in [3.05, 3.63) is 24.3 Å². The summed E-state index contributed by atoms with van der Waals surface area (Å²) in [5.74, 6) is 0.850. The van der Waals surface area contributed by atoms with Gasteiger partial charge in [-0.2, -0.15) is 4.31 Å². The van der Waals surface area contributed by atoms with Crippen molar-refractivity contribution in [3.63, 3.8) is 0 Å². The lowest BCUT2D eigenvalue weighted by Crippen LogP contribution is -2.49. The number of anilines is 1. The molecule has 0 unspecified atom stereocenters. The van der Waals surface area contributed by atoms with Gasteiger partial charge in [-0.25, -0.2) is 8.42 Å². The number of sulfonamides is 1. The number of piperazine rings is 1. The summed E-state index contributed by atoms with van der Waals surface area (Å²) in [5, 5.41) is 0. The van der Waals surface area contributed by atoms with Crippen LogP contribution in [0.5, 0.6) is 0 Å². The van der Waals surface area contributed by atoms with E-state index in [0.717, 1.165) is 25.6 Å². The van der Waals surface area contributed by atoms with E-state index in [1.54, 1.807) is 28.6 Å². The van der Waals surface area contributed by atoms with Crippen LogP contribution in [0.15, 0.2) is 29.2 Å². The third-order valence-electron chi connectivity index (χ3n) is 4.08. The average Bonchev–Trinajstić information content (AvgIpc) is 3.24. The molecule has 1 aromatic rings. The van der Waals surface area contributed by atoms with Gasteiger partial charge in [-0.1, -0.05) is 12.1 Å². The molecule has 1 saturated carbocycles. The maximum absolute atomic E-state index is 12.6. The summed E-state index contributed by atoms with van der Waals surface area (Å²) in [4.78, 5) is 2.61. The summed E-state index contributed by atoms with van der Waals surface area (Å²) in [6.45, 7) is 3.89. The van der Waals surface area contributed by atoms with Crippen molar-refractivity contribution in [1.82, 2.24) is 9.21 Å². The van der Waals surface area contributed by atoms with Gasteiger partial charge in [-0.3, -0.25) is 0 Å². The van der Waals surface area contributed by atoms with E-state index in [-0.39, 0.29) is 4.90 Å². The topological polar surface area (TPSA) is 66.6 Å². The van der Waals surface area contributed by atoms with Crippen LogP contribution in [0.3, 0.4) is 0 Å². The number of hydrogen-bond donors (Lipinski definition) is 1. The second-order valence-corrected chi connectivity index (χ2v) is 7.59. The fraction of sp³-hybridized carbons (Fsp3) is 0.571. The van der Waals surface area contributed by atoms with Crippen molar-refractivity contribution >= 4 is 15.7 Å². The lowest BCUT2D eigenvalue weighted by molar-refractivity contribution is 0.182. The highest BCUT2D eigenvalue weighted by Crippen LogP contribution is 2.30. The molecule has 1 aliphatic carbocycles. The van der Waals surface area contributed by atoms with E-state index < -0.39 is 10.0 Å². The molecule has 5 nitrogen and oxygen atoms in total. The molecule has 0 spiro atoms. The van der Waals surface area contributed by atoms with E-state index >= 15 is 0 Å². The van der Waals surface area contributed by atoms with E-state index in [4.69, 9.17) is 5.73 Å². The van der Waals surface area contributed by atoms with Crippen molar-refractivity contribution in [2.75, 3.05) is 38.5 Å². The van der Waals surface area contributed by atoms with E-state index in [2.05, 4.69) is 4.90 Å². The minimum absolute atomic E-state index is 0.232. The molecule has 0 atom stereocenters. The summed E-state index contributed by atoms with van der Waals surface area (Å²) in [6.07, 6.45) is 2.66. The Kier molecular flexibility index (Phi) is 3.70. The fourth-order valence-electron chi connectivity index (χ4n) is 2.67. The number of hydrogen-bond acceptors (Lipinski definition) is 4. The first-order chi connectivity index (χ1) is 9.57. The van der Waals surface area contributed by atoms with E-state index in [9.17, 15) is 8.42 Å². The van der Waals surface area contributed by atoms with Gasteiger partial charge < -0.3 is 10.6 Å². The Hall–Kier alpha value is -1.11. The molecule has 0 bridgehead atoms. The van der Waals surface area contributed by atoms with Gasteiger partial charge >= 0.3 is 0 Å². The molecule has 2 N–H and O–H groups in total. The Bertz CT molecular complexity index is 576. The van der Waals surface area contributed by atoms with Gasteiger partial charge in [0.05, 0.1) is 5.69 Å². The molecule has 0 amide bonds. The molecule has 1 aliphatic heterocycles. The summed E-state index contributed by atoms with van der Waals surface area (Å²) in [5.41, 5.74) is 6.13. The van der Waals surface area contributed by atoms with Gasteiger partial charge in [0.25, 0.3) is 0 Å². The van der Waals surface area contributed by atoms with Gasteiger partial charge in [0.2, 0.25) is 10.0 Å². The second kappa shape index (κ2) is 5.35. The first-order valence-corrected chi connectivity index (χ1v) is 8.58. The van der Waals surface area contributed by atoms with Crippen LogP contribution >= 0.6 is 0 Å². The van der Waals surface area contributed by atoms with Gasteiger partial charge in [0.15, 0.2) is 0 Å². The number of para-hydroxylation sites is 1. The summed E-state index contributed by atoms with van der Waals surface area (Å²) >= 11 is 0. The molecular weight excluding hydrogens is 274 g/mol. The Morgan fingerprint density at radius 1 is 1.10 bits per heavy atom. The van der Waals surface area contributed by atoms with Crippen LogP contribution in [0.1, 0.15) is 12.8 Å². The molecule has 0 aromatic heterocycles. The highest BCUT2D eigenvalue weighted by Gasteiger charge is 2.31. The van der Waals surface area contributed by atoms with E-state index in [1.807, 2.05) is 0 Å². The average molecular weight is 295 g/mol. The standard InChI is InChI=1S/C14H21N3O2S/c15-13-3-1-2-4-14(13)20(18,19)17-9-7-16(8-10-17)11-12-5-6-12/h1-4,12H,5-11,15H2. The summed E-state index contributed by atoms with van der Waals surface area (Å²) < 4.78 is 26.7. The molecule has 3 rings (SSSR count). The molecule has 20 heavy (non-hydrogen) atoms. The number of nitrogen functional groups attached to an aromatic ring is 1. The maximum atomic E-state index is 12.6. The quantitative estimate of drug-likeness (QED) is 0.841. The Balaban J connectivity index is 1.68. The number of rotatable bonds is 4. The minimum Gasteiger partial charge on any atom is -0.398 e. The van der Waals surface area contributed by atoms with Crippen LogP contribution < -0.4 is 5.73 Å². The Morgan fingerprint density at radius 2 is 1.75 bits per heavy atom. The van der Waals surface area contributed by atoms with Gasteiger partial charge in [-0.05, 0) is 30.9 Å². The van der Waals surface area contributed by atoms with Gasteiger partial charge in [-0.15, -0.1) is 0 Å². The predicted octanol–water partition coefficient (Wildman–Crippen LogP) is 0.985. The molecule has 1 aromatic carbocycles. The molecule has 2 aliphatic rings. The minimum atomic E-state index is -3.45. The van der Waals surface area contributed by atoms with Crippen molar-refractivity contribution in [1.29, 1.82) is 0 Å². The first-order valence-electron chi connectivity index (χ1n) is 7.14. The Labute approximate surface area is 120 Å². The van der Waals surface area contributed by atoms with E-state index in [1.165, 1.54) is 12.8 Å². The van der Waals surface area contributed by atoms with Crippen molar-refractivity contribution in [3.8, 4) is 0 Å². The van der Waals surface area contributed by atoms with Crippen molar-refractivity contribution in [2.24, 2.45) is 5.92 Å². The summed E-state index contributed by atoms with van der Waals surface area (Å²) in [7, 11) is -3.45. The molecule has 1 saturated heterocycles. The SMILES string of the molecule is Nc1ccccc1S(=O)(=O)N1CCN(CC2CC2)CC1. The lowest BCUT2D eigenvalue weighted by atomic mass is 10.3. The van der Waals surface area contributed by atoms with Crippen LogP contribution in [0.25, 0.3) is 0 Å². The zero-order valence-corrected chi connectivity index (χ0v) is 12.3. The van der Waals surface area contributed by atoms with Crippen LogP contribution in [-0.4, -0.2) is 50.3 Å². The smallest absolute Gasteiger partial charge is 0.245 e.